The van der Waals surface area contributed by atoms with E-state index >= 15 is 0 Å². The summed E-state index contributed by atoms with van der Waals surface area (Å²) in [5, 5.41) is 12.2. The molecule has 0 saturated carbocycles. The number of hydrogen-bond acceptors (Lipinski definition) is 2. The van der Waals surface area contributed by atoms with Crippen LogP contribution < -0.4 is 0 Å². The van der Waals surface area contributed by atoms with E-state index in [0.717, 1.165) is 16.3 Å². The molecule has 0 saturated heterocycles. The van der Waals surface area contributed by atoms with E-state index < -0.39 is 19.1 Å². The van der Waals surface area contributed by atoms with Gasteiger partial charge in [-0.25, -0.2) is 8.78 Å². The van der Waals surface area contributed by atoms with Gasteiger partial charge >= 0.3 is 0 Å². The zero-order valence-electron chi connectivity index (χ0n) is 11.1. The summed E-state index contributed by atoms with van der Waals surface area (Å²) in [6.07, 6.45) is -2.18. The Kier molecular flexibility index (Phi) is 5.44. The number of alkyl halides is 2. The second kappa shape index (κ2) is 7.31. The average Bonchev–Trinajstić information content (AvgIpc) is 2.44. The highest BCUT2D eigenvalue weighted by Gasteiger charge is 2.09. The fourth-order valence-electron chi connectivity index (χ4n) is 2.22. The number of ether oxygens (including phenoxy) is 1. The third-order valence-electron chi connectivity index (χ3n) is 3.17. The Bertz CT molecular complexity index is 537. The molecule has 0 spiro atoms. The van der Waals surface area contributed by atoms with Crippen LogP contribution in [0.25, 0.3) is 10.8 Å². The van der Waals surface area contributed by atoms with E-state index in [1.54, 1.807) is 0 Å². The summed E-state index contributed by atoms with van der Waals surface area (Å²) in [7, 11) is 0. The molecule has 1 atom stereocenters. The second-order valence-corrected chi connectivity index (χ2v) is 4.75. The van der Waals surface area contributed by atoms with E-state index in [9.17, 15) is 13.9 Å². The van der Waals surface area contributed by atoms with Gasteiger partial charge in [-0.2, -0.15) is 0 Å². The molecule has 0 radical (unpaired) electrons. The van der Waals surface area contributed by atoms with E-state index in [0.29, 0.717) is 12.8 Å². The summed E-state index contributed by atoms with van der Waals surface area (Å²) in [5.74, 6) is 0. The lowest BCUT2D eigenvalue weighted by Crippen LogP contribution is -2.15. The number of benzene rings is 2. The number of halogens is 2. The molecule has 0 heterocycles. The molecule has 1 unspecified atom stereocenters. The van der Waals surface area contributed by atoms with E-state index in [1.165, 1.54) is 0 Å². The molecule has 2 rings (SSSR count). The lowest BCUT2D eigenvalue weighted by Gasteiger charge is -2.13. The zero-order chi connectivity index (χ0) is 14.4. The van der Waals surface area contributed by atoms with Crippen molar-refractivity contribution in [3.05, 3.63) is 48.0 Å². The van der Waals surface area contributed by atoms with Crippen molar-refractivity contribution in [2.24, 2.45) is 0 Å². The molecule has 108 valence electrons. The highest BCUT2D eigenvalue weighted by molar-refractivity contribution is 5.85. The van der Waals surface area contributed by atoms with Crippen molar-refractivity contribution < 1.29 is 18.6 Å². The maximum Gasteiger partial charge on any atom is 0.261 e. The number of hydrogen-bond donors (Lipinski definition) is 1. The predicted octanol–water partition coefficient (Wildman–Crippen LogP) is 3.42. The van der Waals surface area contributed by atoms with Crippen LogP contribution in [0.3, 0.4) is 0 Å². The van der Waals surface area contributed by atoms with Gasteiger partial charge in [0.25, 0.3) is 6.43 Å². The van der Waals surface area contributed by atoms with E-state index in [4.69, 9.17) is 4.74 Å². The van der Waals surface area contributed by atoms with Gasteiger partial charge in [0.05, 0.1) is 6.10 Å². The van der Waals surface area contributed by atoms with Gasteiger partial charge in [0.15, 0.2) is 0 Å². The first kappa shape index (κ1) is 14.9. The topological polar surface area (TPSA) is 29.5 Å². The quantitative estimate of drug-likeness (QED) is 0.787. The lowest BCUT2D eigenvalue weighted by atomic mass is 9.99. The molecule has 0 aliphatic rings. The first-order chi connectivity index (χ1) is 9.66. The minimum Gasteiger partial charge on any atom is -0.393 e. The molecule has 0 aromatic heterocycles. The second-order valence-electron chi connectivity index (χ2n) is 4.75. The number of aliphatic hydroxyl groups excluding tert-OH is 1. The average molecular weight is 280 g/mol. The van der Waals surface area contributed by atoms with Crippen molar-refractivity contribution in [3.63, 3.8) is 0 Å². The molecule has 2 aromatic carbocycles. The van der Waals surface area contributed by atoms with Gasteiger partial charge < -0.3 is 9.84 Å². The predicted molar refractivity (Wildman–Crippen MR) is 75.1 cm³/mol. The van der Waals surface area contributed by atoms with E-state index in [-0.39, 0.29) is 6.61 Å². The molecule has 0 aliphatic carbocycles. The Morgan fingerprint density at radius 3 is 2.60 bits per heavy atom. The summed E-state index contributed by atoms with van der Waals surface area (Å²) in [5.41, 5.74) is 1.06. The van der Waals surface area contributed by atoms with Gasteiger partial charge in [0.2, 0.25) is 0 Å². The molecule has 20 heavy (non-hydrogen) atoms. The van der Waals surface area contributed by atoms with Gasteiger partial charge in [-0.3, -0.25) is 0 Å². The molecule has 1 N–H and O–H groups in total. The summed E-state index contributed by atoms with van der Waals surface area (Å²) >= 11 is 0. The zero-order valence-corrected chi connectivity index (χ0v) is 11.1. The van der Waals surface area contributed by atoms with Crippen molar-refractivity contribution in [1.29, 1.82) is 0 Å². The fourth-order valence-corrected chi connectivity index (χ4v) is 2.22. The van der Waals surface area contributed by atoms with Crippen molar-refractivity contribution in [2.75, 3.05) is 13.2 Å². The largest absolute Gasteiger partial charge is 0.393 e. The Labute approximate surface area is 117 Å². The van der Waals surface area contributed by atoms with Crippen molar-refractivity contribution in [2.45, 2.75) is 25.4 Å². The lowest BCUT2D eigenvalue weighted by molar-refractivity contribution is 0.00515. The van der Waals surface area contributed by atoms with Crippen LogP contribution in [0.4, 0.5) is 8.78 Å². The van der Waals surface area contributed by atoms with Crippen LogP contribution in [-0.4, -0.2) is 30.8 Å². The standard InChI is InChI=1S/C16H18F2O2/c17-16(18)11-20-9-8-14(19)10-13-6-3-5-12-4-1-2-7-15(12)13/h1-7,14,16,19H,8-11H2. The van der Waals surface area contributed by atoms with Crippen LogP contribution in [0.5, 0.6) is 0 Å². The first-order valence-electron chi connectivity index (χ1n) is 6.67. The highest BCUT2D eigenvalue weighted by Crippen LogP contribution is 2.20. The SMILES string of the molecule is OC(CCOCC(F)F)Cc1cccc2ccccc12. The van der Waals surface area contributed by atoms with Crippen LogP contribution in [0, 0.1) is 0 Å². The maximum absolute atomic E-state index is 11.9. The fraction of sp³-hybridized carbons (Fsp3) is 0.375. The highest BCUT2D eigenvalue weighted by atomic mass is 19.3. The van der Waals surface area contributed by atoms with E-state index in [2.05, 4.69) is 0 Å². The van der Waals surface area contributed by atoms with Crippen molar-refractivity contribution in [1.82, 2.24) is 0 Å². The van der Waals surface area contributed by atoms with Gasteiger partial charge in [0, 0.05) is 6.61 Å². The smallest absolute Gasteiger partial charge is 0.261 e. The number of rotatable bonds is 7. The van der Waals surface area contributed by atoms with Crippen molar-refractivity contribution in [3.8, 4) is 0 Å². The molecule has 0 amide bonds. The van der Waals surface area contributed by atoms with Gasteiger partial charge in [-0.05, 0) is 29.2 Å². The minimum atomic E-state index is -2.45. The van der Waals surface area contributed by atoms with Gasteiger partial charge in [0.1, 0.15) is 6.61 Å². The van der Waals surface area contributed by atoms with Crippen LogP contribution in [-0.2, 0) is 11.2 Å². The molecule has 2 nitrogen and oxygen atoms in total. The molecule has 0 aliphatic heterocycles. The Hall–Kier alpha value is -1.52. The Balaban J connectivity index is 1.91. The maximum atomic E-state index is 11.9. The Morgan fingerprint density at radius 2 is 1.80 bits per heavy atom. The van der Waals surface area contributed by atoms with Crippen LogP contribution >= 0.6 is 0 Å². The van der Waals surface area contributed by atoms with Crippen LogP contribution in [0.2, 0.25) is 0 Å². The normalized spacial score (nSPS) is 13.0. The monoisotopic (exact) mass is 280 g/mol. The van der Waals surface area contributed by atoms with Crippen LogP contribution in [0.1, 0.15) is 12.0 Å². The van der Waals surface area contributed by atoms with Gasteiger partial charge in [-0.1, -0.05) is 42.5 Å². The molecular weight excluding hydrogens is 262 g/mol. The molecule has 2 aromatic rings. The van der Waals surface area contributed by atoms with E-state index in [1.807, 2.05) is 42.5 Å². The Morgan fingerprint density at radius 1 is 1.05 bits per heavy atom. The number of fused-ring (bicyclic) bond motifs is 1. The first-order valence-corrected chi connectivity index (χ1v) is 6.67. The summed E-state index contributed by atoms with van der Waals surface area (Å²) in [6, 6.07) is 13.9. The molecule has 0 bridgehead atoms. The molecular formula is C16H18F2O2. The summed E-state index contributed by atoms with van der Waals surface area (Å²) in [4.78, 5) is 0. The summed E-state index contributed by atoms with van der Waals surface area (Å²) in [6.45, 7) is -0.419. The summed E-state index contributed by atoms with van der Waals surface area (Å²) < 4.78 is 28.6. The third-order valence-corrected chi connectivity index (χ3v) is 3.17. The van der Waals surface area contributed by atoms with Gasteiger partial charge in [-0.15, -0.1) is 0 Å². The van der Waals surface area contributed by atoms with Crippen molar-refractivity contribution >= 4 is 10.8 Å². The molecule has 0 fully saturated rings. The minimum absolute atomic E-state index is 0.149. The number of aliphatic hydroxyl groups is 1. The molecule has 4 heteroatoms. The van der Waals surface area contributed by atoms with Crippen LogP contribution in [0.15, 0.2) is 42.5 Å². The third kappa shape index (κ3) is 4.25.